The number of hydrogen-bond acceptors (Lipinski definition) is 4. The molecule has 5 heteroatoms. The van der Waals surface area contributed by atoms with E-state index in [4.69, 9.17) is 0 Å². The van der Waals surface area contributed by atoms with Crippen LogP contribution < -0.4 is 4.90 Å². The number of allylic oxidation sites excluding steroid dienone is 2. The lowest BCUT2D eigenvalue weighted by atomic mass is 9.74. The van der Waals surface area contributed by atoms with Crippen LogP contribution in [-0.4, -0.2) is 21.7 Å². The van der Waals surface area contributed by atoms with Crippen LogP contribution in [0.2, 0.25) is 0 Å². The Hall–Kier alpha value is -3.99. The van der Waals surface area contributed by atoms with Gasteiger partial charge in [0, 0.05) is 52.8 Å². The zero-order chi connectivity index (χ0) is 22.9. The highest BCUT2D eigenvalue weighted by atomic mass is 16.3. The minimum atomic E-state index is -0.545. The van der Waals surface area contributed by atoms with E-state index in [0.29, 0.717) is 29.6 Å². The summed E-state index contributed by atoms with van der Waals surface area (Å²) in [5, 5.41) is 20.8. The number of pyridine rings is 1. The van der Waals surface area contributed by atoms with Gasteiger partial charge in [-0.2, -0.15) is 0 Å². The van der Waals surface area contributed by atoms with Gasteiger partial charge in [-0.1, -0.05) is 54.1 Å². The molecular formula is C28H25N3O2. The number of hydrogen-bond donors (Lipinski definition) is 2. The molecule has 0 fully saturated rings. The molecule has 2 heterocycles. The largest absolute Gasteiger partial charge is 0.507 e. The van der Waals surface area contributed by atoms with Crippen molar-refractivity contribution in [2.45, 2.75) is 32.1 Å². The Balaban J connectivity index is 1.82. The average molecular weight is 436 g/mol. The number of benzene rings is 2. The van der Waals surface area contributed by atoms with Crippen molar-refractivity contribution in [3.63, 3.8) is 0 Å². The number of nitrogens with zero attached hydrogens (tertiary/aromatic N) is 2. The number of carbonyl (C=O) groups is 1. The fourth-order valence-corrected chi connectivity index (χ4v) is 4.80. The van der Waals surface area contributed by atoms with E-state index >= 15 is 0 Å². The molecule has 0 spiro atoms. The fraction of sp³-hybridized carbons (Fsp3) is 0.179. The van der Waals surface area contributed by atoms with E-state index in [1.54, 1.807) is 12.4 Å². The Morgan fingerprint density at radius 2 is 1.79 bits per heavy atom. The topological polar surface area (TPSA) is 77.3 Å². The maximum Gasteiger partial charge on any atom is 0.161 e. The maximum atomic E-state index is 13.4. The number of nitrogens with one attached hydrogen (secondary N) is 1. The summed E-state index contributed by atoms with van der Waals surface area (Å²) in [6.07, 6.45) is 5.33. The molecule has 0 radical (unpaired) electrons. The monoisotopic (exact) mass is 435 g/mol. The Kier molecular flexibility index (Phi) is 5.38. The number of rotatable bonds is 3. The van der Waals surface area contributed by atoms with Crippen LogP contribution in [-0.2, 0) is 4.79 Å². The van der Waals surface area contributed by atoms with Crippen LogP contribution in [0.3, 0.4) is 0 Å². The summed E-state index contributed by atoms with van der Waals surface area (Å²) in [6, 6.07) is 20.9. The van der Waals surface area contributed by atoms with Crippen molar-refractivity contribution in [3.8, 4) is 0 Å². The zero-order valence-electron chi connectivity index (χ0n) is 18.5. The van der Waals surface area contributed by atoms with E-state index in [-0.39, 0.29) is 17.4 Å². The summed E-state index contributed by atoms with van der Waals surface area (Å²) in [5.74, 6) is -0.289. The molecule has 1 aromatic heterocycles. The molecule has 1 aliphatic heterocycles. The quantitative estimate of drug-likeness (QED) is 0.499. The molecule has 1 atom stereocenters. The van der Waals surface area contributed by atoms with Gasteiger partial charge < -0.3 is 5.11 Å². The lowest BCUT2D eigenvalue weighted by Crippen LogP contribution is -2.42. The maximum absolute atomic E-state index is 13.4. The summed E-state index contributed by atoms with van der Waals surface area (Å²) < 4.78 is 0. The van der Waals surface area contributed by atoms with E-state index in [0.717, 1.165) is 28.9 Å². The molecular weight excluding hydrogens is 410 g/mol. The van der Waals surface area contributed by atoms with Crippen LogP contribution >= 0.6 is 0 Å². The number of Topliss-reactive ketones (excluding diaryl/α,β-unsaturated/α-hetero) is 1. The normalized spacial score (nSPS) is 20.0. The molecule has 3 aromatic rings. The van der Waals surface area contributed by atoms with Gasteiger partial charge >= 0.3 is 0 Å². The summed E-state index contributed by atoms with van der Waals surface area (Å²) in [4.78, 5) is 19.5. The molecule has 0 saturated carbocycles. The van der Waals surface area contributed by atoms with Crippen LogP contribution in [0.15, 0.2) is 96.0 Å². The summed E-state index contributed by atoms with van der Waals surface area (Å²) in [6.45, 7) is 2.02. The van der Waals surface area contributed by atoms with Gasteiger partial charge in [-0.05, 0) is 43.5 Å². The molecule has 1 unspecified atom stereocenters. The van der Waals surface area contributed by atoms with Crippen molar-refractivity contribution < 1.29 is 9.90 Å². The van der Waals surface area contributed by atoms with E-state index in [2.05, 4.69) is 4.98 Å². The molecule has 2 aliphatic rings. The van der Waals surface area contributed by atoms with Crippen LogP contribution in [0.25, 0.3) is 5.76 Å². The first kappa shape index (κ1) is 20.9. The summed E-state index contributed by atoms with van der Waals surface area (Å²) in [7, 11) is 0. The van der Waals surface area contributed by atoms with E-state index < -0.39 is 5.92 Å². The SMILES string of the molecule is Cc1ccc(N2C(=N)/C(=C(/O)c3ccccc3)C(c3cccnc3)C3=C2CCCC3=O)cc1. The van der Waals surface area contributed by atoms with Crippen LogP contribution in [0.1, 0.15) is 41.9 Å². The van der Waals surface area contributed by atoms with Crippen molar-refractivity contribution in [2.75, 3.05) is 4.90 Å². The Morgan fingerprint density at radius 3 is 2.48 bits per heavy atom. The third-order valence-electron chi connectivity index (χ3n) is 6.37. The molecule has 5 nitrogen and oxygen atoms in total. The van der Waals surface area contributed by atoms with Crippen molar-refractivity contribution in [3.05, 3.63) is 113 Å². The molecule has 2 aromatic carbocycles. The highest BCUT2D eigenvalue weighted by Crippen LogP contribution is 2.47. The first-order valence-corrected chi connectivity index (χ1v) is 11.2. The molecule has 164 valence electrons. The van der Waals surface area contributed by atoms with Crippen LogP contribution in [0, 0.1) is 12.3 Å². The number of carbonyl (C=O) groups excluding carboxylic acids is 1. The second kappa shape index (κ2) is 8.51. The number of aliphatic hydroxyl groups excluding tert-OH is 1. The van der Waals surface area contributed by atoms with Crippen molar-refractivity contribution in [1.29, 1.82) is 5.41 Å². The van der Waals surface area contributed by atoms with Gasteiger partial charge in [0.15, 0.2) is 5.78 Å². The first-order valence-electron chi connectivity index (χ1n) is 11.2. The van der Waals surface area contributed by atoms with Crippen LogP contribution in [0.5, 0.6) is 0 Å². The number of aryl methyl sites for hydroxylation is 1. The zero-order valence-corrected chi connectivity index (χ0v) is 18.5. The van der Waals surface area contributed by atoms with E-state index in [9.17, 15) is 15.3 Å². The Morgan fingerprint density at radius 1 is 1.03 bits per heavy atom. The second-order valence-corrected chi connectivity index (χ2v) is 8.50. The van der Waals surface area contributed by atoms with Gasteiger partial charge in [0.25, 0.3) is 0 Å². The molecule has 5 rings (SSSR count). The smallest absolute Gasteiger partial charge is 0.161 e. The Bertz CT molecular complexity index is 1280. The van der Waals surface area contributed by atoms with E-state index in [1.165, 1.54) is 0 Å². The van der Waals surface area contributed by atoms with Crippen LogP contribution in [0.4, 0.5) is 5.69 Å². The lowest BCUT2D eigenvalue weighted by molar-refractivity contribution is -0.116. The average Bonchev–Trinajstić information content (AvgIpc) is 2.85. The number of amidine groups is 1. The highest BCUT2D eigenvalue weighted by molar-refractivity contribution is 6.19. The molecule has 0 bridgehead atoms. The number of aromatic nitrogens is 1. The molecule has 0 amide bonds. The summed E-state index contributed by atoms with van der Waals surface area (Å²) in [5.41, 5.74) is 5.27. The molecule has 33 heavy (non-hydrogen) atoms. The Labute approximate surface area is 193 Å². The highest BCUT2D eigenvalue weighted by Gasteiger charge is 2.43. The predicted molar refractivity (Wildman–Crippen MR) is 130 cm³/mol. The van der Waals surface area contributed by atoms with Crippen molar-refractivity contribution in [2.24, 2.45) is 0 Å². The second-order valence-electron chi connectivity index (χ2n) is 8.50. The number of anilines is 1. The minimum Gasteiger partial charge on any atom is -0.507 e. The number of aliphatic hydroxyl groups is 1. The molecule has 2 N–H and O–H groups in total. The molecule has 0 saturated heterocycles. The van der Waals surface area contributed by atoms with Gasteiger partial charge in [-0.3, -0.25) is 20.1 Å². The van der Waals surface area contributed by atoms with Gasteiger partial charge in [-0.15, -0.1) is 0 Å². The third kappa shape index (κ3) is 3.65. The van der Waals surface area contributed by atoms with Gasteiger partial charge in [0.2, 0.25) is 0 Å². The van der Waals surface area contributed by atoms with Crippen molar-refractivity contribution in [1.82, 2.24) is 4.98 Å². The van der Waals surface area contributed by atoms with Gasteiger partial charge in [0.05, 0.1) is 0 Å². The molecule has 1 aliphatic carbocycles. The minimum absolute atomic E-state index is 0.0106. The standard InChI is InChI=1S/C28H25N3O2/c1-18-12-14-21(15-13-18)31-22-10-5-11-23(32)25(22)24(20-9-6-16-30-17-20)26(28(31)29)27(33)19-7-3-2-4-8-19/h2-4,6-9,12-17,24,29,33H,5,10-11H2,1H3/b27-26+,29-28?. The van der Waals surface area contributed by atoms with Gasteiger partial charge in [-0.25, -0.2) is 0 Å². The van der Waals surface area contributed by atoms with Gasteiger partial charge in [0.1, 0.15) is 11.6 Å². The fourth-order valence-electron chi connectivity index (χ4n) is 4.80. The lowest BCUT2D eigenvalue weighted by Gasteiger charge is -2.41. The van der Waals surface area contributed by atoms with Crippen molar-refractivity contribution >= 4 is 23.1 Å². The van der Waals surface area contributed by atoms with E-state index in [1.807, 2.05) is 78.6 Å². The summed E-state index contributed by atoms with van der Waals surface area (Å²) >= 11 is 0. The number of ketones is 1. The predicted octanol–water partition coefficient (Wildman–Crippen LogP) is 5.95. The third-order valence-corrected chi connectivity index (χ3v) is 6.37. The first-order chi connectivity index (χ1) is 16.1.